The minimum Gasteiger partial charge on any atom is -0.379 e. The van der Waals surface area contributed by atoms with Crippen LogP contribution in [0.25, 0.3) is 0 Å². The van der Waals surface area contributed by atoms with E-state index >= 15 is 0 Å². The van der Waals surface area contributed by atoms with Crippen LogP contribution >= 0.6 is 0 Å². The van der Waals surface area contributed by atoms with Crippen molar-refractivity contribution in [3.63, 3.8) is 0 Å². The molecule has 0 aromatic rings. The topological polar surface area (TPSA) is 30.5 Å². The van der Waals surface area contributed by atoms with E-state index in [4.69, 9.17) is 9.47 Å². The molecule has 0 amide bonds. The van der Waals surface area contributed by atoms with Gasteiger partial charge in [0.1, 0.15) is 0 Å². The predicted octanol–water partition coefficient (Wildman–Crippen LogP) is 3.38. The van der Waals surface area contributed by atoms with Crippen molar-refractivity contribution in [2.45, 2.75) is 71.9 Å². The van der Waals surface area contributed by atoms with E-state index in [1.165, 1.54) is 12.8 Å². The molecule has 0 heterocycles. The highest BCUT2D eigenvalue weighted by atomic mass is 16.5. The van der Waals surface area contributed by atoms with Crippen LogP contribution in [0.3, 0.4) is 0 Å². The summed E-state index contributed by atoms with van der Waals surface area (Å²) in [5.74, 6) is 0. The van der Waals surface area contributed by atoms with Crippen LogP contribution in [0.2, 0.25) is 0 Å². The second-order valence-electron chi connectivity index (χ2n) is 6.81. The Labute approximate surface area is 114 Å². The molecule has 3 nitrogen and oxygen atoms in total. The van der Waals surface area contributed by atoms with Gasteiger partial charge in [0.15, 0.2) is 0 Å². The average Bonchev–Trinajstić information content (AvgIpc) is 2.17. The summed E-state index contributed by atoms with van der Waals surface area (Å²) in [6.07, 6.45) is 3.59. The highest BCUT2D eigenvalue weighted by Gasteiger charge is 2.09. The zero-order valence-electron chi connectivity index (χ0n) is 13.3. The van der Waals surface area contributed by atoms with E-state index in [0.29, 0.717) is 13.2 Å². The van der Waals surface area contributed by atoms with E-state index in [2.05, 4.69) is 46.9 Å². The third-order valence-electron chi connectivity index (χ3n) is 2.38. The molecule has 0 bridgehead atoms. The van der Waals surface area contributed by atoms with Gasteiger partial charge >= 0.3 is 0 Å². The standard InChI is InChI=1S/C15H33NO2/c1-14(2,3)16-10-8-7-9-11-17-12-13-18-15(4,5)6/h16H,7-13H2,1-6H3. The Morgan fingerprint density at radius 1 is 0.778 bits per heavy atom. The quantitative estimate of drug-likeness (QED) is 0.644. The molecule has 0 aliphatic carbocycles. The zero-order chi connectivity index (χ0) is 14.1. The number of ether oxygens (including phenoxy) is 2. The summed E-state index contributed by atoms with van der Waals surface area (Å²) in [5.41, 5.74) is 0.183. The first-order valence-corrected chi connectivity index (χ1v) is 7.17. The van der Waals surface area contributed by atoms with E-state index in [0.717, 1.165) is 19.6 Å². The molecule has 0 spiro atoms. The van der Waals surface area contributed by atoms with Gasteiger partial charge in [0.05, 0.1) is 18.8 Å². The zero-order valence-corrected chi connectivity index (χ0v) is 13.3. The normalized spacial score (nSPS) is 13.0. The summed E-state index contributed by atoms with van der Waals surface area (Å²) >= 11 is 0. The third-order valence-corrected chi connectivity index (χ3v) is 2.38. The Balaban J connectivity index is 3.13. The second-order valence-corrected chi connectivity index (χ2v) is 6.81. The summed E-state index contributed by atoms with van der Waals surface area (Å²) in [4.78, 5) is 0. The molecule has 0 aliphatic rings. The molecule has 0 fully saturated rings. The summed E-state index contributed by atoms with van der Waals surface area (Å²) in [7, 11) is 0. The molecule has 0 aromatic heterocycles. The fraction of sp³-hybridized carbons (Fsp3) is 1.00. The molecule has 0 aliphatic heterocycles. The lowest BCUT2D eigenvalue weighted by Gasteiger charge is -2.20. The number of nitrogens with one attached hydrogen (secondary N) is 1. The minimum atomic E-state index is -0.0536. The Bertz CT molecular complexity index is 170. The maximum absolute atomic E-state index is 5.58. The molecule has 0 unspecified atom stereocenters. The maximum Gasteiger partial charge on any atom is 0.0707 e. The van der Waals surface area contributed by atoms with E-state index < -0.39 is 0 Å². The van der Waals surface area contributed by atoms with Gasteiger partial charge in [-0.2, -0.15) is 0 Å². The lowest BCUT2D eigenvalue weighted by Crippen LogP contribution is -2.36. The van der Waals surface area contributed by atoms with Crippen LogP contribution in [-0.4, -0.2) is 37.5 Å². The highest BCUT2D eigenvalue weighted by Crippen LogP contribution is 2.06. The number of hydrogen-bond donors (Lipinski definition) is 1. The lowest BCUT2D eigenvalue weighted by molar-refractivity contribution is -0.0351. The van der Waals surface area contributed by atoms with Crippen LogP contribution in [0.5, 0.6) is 0 Å². The van der Waals surface area contributed by atoms with Crippen molar-refractivity contribution < 1.29 is 9.47 Å². The molecule has 0 saturated heterocycles. The van der Waals surface area contributed by atoms with Crippen molar-refractivity contribution in [2.75, 3.05) is 26.4 Å². The van der Waals surface area contributed by atoms with Crippen LogP contribution in [0.4, 0.5) is 0 Å². The Morgan fingerprint density at radius 2 is 1.44 bits per heavy atom. The van der Waals surface area contributed by atoms with E-state index in [9.17, 15) is 0 Å². The summed E-state index contributed by atoms with van der Waals surface area (Å²) in [6.45, 7) is 16.1. The molecular formula is C15H33NO2. The Kier molecular flexibility index (Phi) is 8.83. The first-order valence-electron chi connectivity index (χ1n) is 7.17. The summed E-state index contributed by atoms with van der Waals surface area (Å²) < 4.78 is 11.1. The minimum absolute atomic E-state index is 0.0536. The highest BCUT2D eigenvalue weighted by molar-refractivity contribution is 4.69. The molecule has 3 heteroatoms. The third kappa shape index (κ3) is 15.9. The van der Waals surface area contributed by atoms with Crippen LogP contribution in [0.15, 0.2) is 0 Å². The van der Waals surface area contributed by atoms with E-state index in [-0.39, 0.29) is 11.1 Å². The monoisotopic (exact) mass is 259 g/mol. The molecule has 0 radical (unpaired) electrons. The smallest absolute Gasteiger partial charge is 0.0707 e. The molecule has 1 N–H and O–H groups in total. The van der Waals surface area contributed by atoms with Gasteiger partial charge in [-0.3, -0.25) is 0 Å². The fourth-order valence-electron chi connectivity index (χ4n) is 1.48. The van der Waals surface area contributed by atoms with Crippen molar-refractivity contribution in [2.24, 2.45) is 0 Å². The van der Waals surface area contributed by atoms with Gasteiger partial charge in [-0.05, 0) is 67.3 Å². The first kappa shape index (κ1) is 17.9. The molecule has 0 rings (SSSR count). The van der Waals surface area contributed by atoms with Crippen molar-refractivity contribution in [3.8, 4) is 0 Å². The van der Waals surface area contributed by atoms with Crippen molar-refractivity contribution in [1.29, 1.82) is 0 Å². The number of rotatable bonds is 9. The van der Waals surface area contributed by atoms with Gasteiger partial charge in [-0.15, -0.1) is 0 Å². The van der Waals surface area contributed by atoms with E-state index in [1.807, 2.05) is 0 Å². The molecular weight excluding hydrogens is 226 g/mol. The molecule has 0 atom stereocenters. The van der Waals surface area contributed by atoms with Crippen LogP contribution in [-0.2, 0) is 9.47 Å². The number of unbranched alkanes of at least 4 members (excludes halogenated alkanes) is 2. The predicted molar refractivity (Wildman–Crippen MR) is 78.1 cm³/mol. The van der Waals surface area contributed by atoms with Gasteiger partial charge in [-0.25, -0.2) is 0 Å². The van der Waals surface area contributed by atoms with Crippen molar-refractivity contribution in [1.82, 2.24) is 5.32 Å². The summed E-state index contributed by atoms with van der Waals surface area (Å²) in [6, 6.07) is 0. The number of hydrogen-bond acceptors (Lipinski definition) is 3. The second kappa shape index (κ2) is 8.89. The average molecular weight is 259 g/mol. The van der Waals surface area contributed by atoms with Gasteiger partial charge in [0.25, 0.3) is 0 Å². The molecule has 110 valence electrons. The summed E-state index contributed by atoms with van der Waals surface area (Å²) in [5, 5.41) is 3.49. The lowest BCUT2D eigenvalue weighted by atomic mass is 10.1. The van der Waals surface area contributed by atoms with Gasteiger partial charge in [0.2, 0.25) is 0 Å². The van der Waals surface area contributed by atoms with Crippen molar-refractivity contribution in [3.05, 3.63) is 0 Å². The SMILES string of the molecule is CC(C)(C)NCCCCCOCCOC(C)(C)C. The Morgan fingerprint density at radius 3 is 2.00 bits per heavy atom. The van der Waals surface area contributed by atoms with Crippen LogP contribution in [0.1, 0.15) is 60.8 Å². The van der Waals surface area contributed by atoms with Crippen LogP contribution in [0, 0.1) is 0 Å². The van der Waals surface area contributed by atoms with Crippen LogP contribution < -0.4 is 5.32 Å². The van der Waals surface area contributed by atoms with Gasteiger partial charge < -0.3 is 14.8 Å². The van der Waals surface area contributed by atoms with E-state index in [1.54, 1.807) is 0 Å². The largest absolute Gasteiger partial charge is 0.379 e. The molecule has 0 aromatic carbocycles. The first-order chi connectivity index (χ1) is 8.21. The maximum atomic E-state index is 5.58. The van der Waals surface area contributed by atoms with Crippen molar-refractivity contribution >= 4 is 0 Å². The van der Waals surface area contributed by atoms with Gasteiger partial charge in [-0.1, -0.05) is 0 Å². The van der Waals surface area contributed by atoms with Gasteiger partial charge in [0, 0.05) is 12.1 Å². The molecule has 0 saturated carbocycles. The molecule has 18 heavy (non-hydrogen) atoms. The fourth-order valence-corrected chi connectivity index (χ4v) is 1.48. The Hall–Kier alpha value is -0.120.